The van der Waals surface area contributed by atoms with E-state index in [1.807, 2.05) is 0 Å². The van der Waals surface area contributed by atoms with Gasteiger partial charge >= 0.3 is 0 Å². The summed E-state index contributed by atoms with van der Waals surface area (Å²) in [6.07, 6.45) is 0. The number of nitro groups is 1. The molecule has 0 aliphatic carbocycles. The van der Waals surface area contributed by atoms with E-state index in [4.69, 9.17) is 15.3 Å². The van der Waals surface area contributed by atoms with Gasteiger partial charge in [-0.25, -0.2) is 0 Å². The average Bonchev–Trinajstić information content (AvgIpc) is 3.00. The summed E-state index contributed by atoms with van der Waals surface area (Å²) < 4.78 is 1.53. The maximum atomic E-state index is 10.8. The number of nitrogens with zero attached hydrogens (tertiary/aromatic N) is 7. The second kappa shape index (κ2) is 9.09. The third-order valence-corrected chi connectivity index (χ3v) is 3.08. The van der Waals surface area contributed by atoms with Gasteiger partial charge in [0.25, 0.3) is 10.8 Å². The molecule has 0 radical (unpaired) electrons. The van der Waals surface area contributed by atoms with Gasteiger partial charge in [-0.3, -0.25) is 15.0 Å². The Hall–Kier alpha value is -3.15. The van der Waals surface area contributed by atoms with Gasteiger partial charge in [0.2, 0.25) is 0 Å². The molecule has 1 aromatic heterocycles. The van der Waals surface area contributed by atoms with Crippen molar-refractivity contribution in [3.8, 4) is 5.69 Å². The Morgan fingerprint density at radius 1 is 1.25 bits per heavy atom. The van der Waals surface area contributed by atoms with Crippen molar-refractivity contribution in [2.75, 3.05) is 13.1 Å². The van der Waals surface area contributed by atoms with Crippen LogP contribution in [-0.2, 0) is 6.54 Å². The molecule has 0 bridgehead atoms. The van der Waals surface area contributed by atoms with Crippen molar-refractivity contribution in [2.24, 2.45) is 0 Å². The van der Waals surface area contributed by atoms with E-state index in [1.165, 1.54) is 16.8 Å². The van der Waals surface area contributed by atoms with Gasteiger partial charge in [0.05, 0.1) is 17.2 Å². The van der Waals surface area contributed by atoms with Crippen LogP contribution in [0, 0.1) is 20.2 Å². The van der Waals surface area contributed by atoms with E-state index < -0.39 is 10.0 Å². The number of non-ortho nitro benzene ring substituents is 1. The van der Waals surface area contributed by atoms with Crippen LogP contribution in [0.4, 0.5) is 5.69 Å². The third-order valence-electron chi connectivity index (χ3n) is 3.08. The molecule has 1 heterocycles. The Kier molecular flexibility index (Phi) is 7.16. The van der Waals surface area contributed by atoms with Crippen LogP contribution in [0.5, 0.6) is 0 Å². The quantitative estimate of drug-likeness (QED) is 0.601. The molecule has 0 unspecified atom stereocenters. The first kappa shape index (κ1) is 18.9. The summed E-state index contributed by atoms with van der Waals surface area (Å²) in [7, 11) is 0. The van der Waals surface area contributed by atoms with Crippen LogP contribution in [-0.4, -0.2) is 53.4 Å². The van der Waals surface area contributed by atoms with Crippen molar-refractivity contribution >= 4 is 5.69 Å². The Morgan fingerprint density at radius 3 is 2.42 bits per heavy atom. The highest BCUT2D eigenvalue weighted by Gasteiger charge is 2.13. The molecule has 2 rings (SSSR count). The molecule has 24 heavy (non-hydrogen) atoms. The minimum absolute atomic E-state index is 0.0202. The van der Waals surface area contributed by atoms with Crippen molar-refractivity contribution in [1.29, 1.82) is 0 Å². The maximum absolute atomic E-state index is 10.8. The lowest BCUT2D eigenvalue weighted by molar-refractivity contribution is -0.742. The number of benzene rings is 1. The van der Waals surface area contributed by atoms with Crippen molar-refractivity contribution in [3.05, 3.63) is 50.3 Å². The normalized spacial score (nSPS) is 10.1. The highest BCUT2D eigenvalue weighted by molar-refractivity contribution is 5.42. The fourth-order valence-corrected chi connectivity index (χ4v) is 1.89. The average molecular weight is 339 g/mol. The van der Waals surface area contributed by atoms with Gasteiger partial charge in [-0.2, -0.15) is 4.68 Å². The Labute approximate surface area is 136 Å². The van der Waals surface area contributed by atoms with Gasteiger partial charge < -0.3 is 5.21 Å². The molecule has 0 fully saturated rings. The van der Waals surface area contributed by atoms with Gasteiger partial charge in [0.1, 0.15) is 0 Å². The molecule has 2 aromatic rings. The van der Waals surface area contributed by atoms with E-state index in [-0.39, 0.29) is 5.69 Å². The summed E-state index contributed by atoms with van der Waals surface area (Å²) in [6.45, 7) is 6.50. The maximum Gasteiger partial charge on any atom is 0.291 e. The van der Waals surface area contributed by atoms with E-state index in [2.05, 4.69) is 34.3 Å². The van der Waals surface area contributed by atoms with Crippen molar-refractivity contribution in [3.63, 3.8) is 0 Å². The minimum atomic E-state index is -1.50. The molecular weight excluding hydrogens is 322 g/mol. The fraction of sp³-hybridized carbons (Fsp3) is 0.417. The summed E-state index contributed by atoms with van der Waals surface area (Å²) in [4.78, 5) is 20.9. The molecule has 12 nitrogen and oxygen atoms in total. The van der Waals surface area contributed by atoms with Gasteiger partial charge in [0.15, 0.2) is 5.82 Å². The standard InChI is InChI=1S/C12H16N6O2.HNO3/c1-3-16(4-2)9-12-13-14-15-17(12)10-6-5-7-11(8-10)18(19)20;2-1(3)4/h5-8H,3-4,9H2,1-2H3;(H,2,3,4). The molecule has 0 saturated heterocycles. The SMILES string of the molecule is CCN(CC)Cc1nnnn1-c1cccc([N+](=O)[O-])c1.O=[N+]([O-])O. The molecule has 0 saturated carbocycles. The van der Waals surface area contributed by atoms with E-state index in [1.54, 1.807) is 12.1 Å². The first-order valence-electron chi connectivity index (χ1n) is 6.96. The minimum Gasteiger partial charge on any atom is -0.328 e. The smallest absolute Gasteiger partial charge is 0.291 e. The summed E-state index contributed by atoms with van der Waals surface area (Å²) in [5.41, 5.74) is 0.609. The Balaban J connectivity index is 0.000000648. The van der Waals surface area contributed by atoms with Gasteiger partial charge in [0, 0.05) is 12.1 Å². The Bertz CT molecular complexity index is 682. The molecule has 1 N–H and O–H groups in total. The van der Waals surface area contributed by atoms with E-state index in [0.29, 0.717) is 18.1 Å². The van der Waals surface area contributed by atoms with Crippen LogP contribution < -0.4 is 0 Å². The monoisotopic (exact) mass is 339 g/mol. The predicted octanol–water partition coefficient (Wildman–Crippen LogP) is 1.06. The first-order valence-corrected chi connectivity index (χ1v) is 6.96. The molecule has 0 amide bonds. The number of aromatic nitrogens is 4. The number of rotatable bonds is 6. The van der Waals surface area contributed by atoms with Crippen LogP contribution >= 0.6 is 0 Å². The van der Waals surface area contributed by atoms with Crippen LogP contribution in [0.2, 0.25) is 0 Å². The molecule has 1 aromatic carbocycles. The number of hydrogen-bond acceptors (Lipinski definition) is 8. The van der Waals surface area contributed by atoms with E-state index in [9.17, 15) is 10.1 Å². The zero-order valence-corrected chi connectivity index (χ0v) is 13.1. The van der Waals surface area contributed by atoms with Crippen molar-refractivity contribution < 1.29 is 15.2 Å². The van der Waals surface area contributed by atoms with E-state index >= 15 is 0 Å². The highest BCUT2D eigenvalue weighted by Crippen LogP contribution is 2.17. The topological polar surface area (TPSA) is 153 Å². The van der Waals surface area contributed by atoms with Crippen LogP contribution in [0.25, 0.3) is 5.69 Å². The van der Waals surface area contributed by atoms with Gasteiger partial charge in [-0.1, -0.05) is 19.9 Å². The van der Waals surface area contributed by atoms with Gasteiger partial charge in [-0.05, 0) is 29.6 Å². The fourth-order valence-electron chi connectivity index (χ4n) is 1.89. The first-order chi connectivity index (χ1) is 11.4. The molecule has 0 atom stereocenters. The highest BCUT2D eigenvalue weighted by atomic mass is 16.9. The molecular formula is C12H17N7O5. The summed E-state index contributed by atoms with van der Waals surface area (Å²) in [6, 6.07) is 6.27. The van der Waals surface area contributed by atoms with Crippen LogP contribution in [0.3, 0.4) is 0 Å². The third kappa shape index (κ3) is 5.57. The second-order valence-electron chi connectivity index (χ2n) is 4.48. The predicted molar refractivity (Wildman–Crippen MR) is 81.2 cm³/mol. The largest absolute Gasteiger partial charge is 0.328 e. The van der Waals surface area contributed by atoms with Crippen molar-refractivity contribution in [1.82, 2.24) is 25.1 Å². The zero-order valence-electron chi connectivity index (χ0n) is 13.1. The van der Waals surface area contributed by atoms with Crippen LogP contribution in [0.15, 0.2) is 24.3 Å². The number of tetrazole rings is 1. The lowest BCUT2D eigenvalue weighted by atomic mass is 10.3. The summed E-state index contributed by atoms with van der Waals surface area (Å²) >= 11 is 0. The second-order valence-corrected chi connectivity index (χ2v) is 4.48. The molecule has 0 aliphatic heterocycles. The lowest BCUT2D eigenvalue weighted by Crippen LogP contribution is -2.24. The zero-order chi connectivity index (χ0) is 18.1. The molecule has 130 valence electrons. The Morgan fingerprint density at radius 2 is 1.88 bits per heavy atom. The van der Waals surface area contributed by atoms with E-state index in [0.717, 1.165) is 13.1 Å². The van der Waals surface area contributed by atoms with Crippen LogP contribution in [0.1, 0.15) is 19.7 Å². The van der Waals surface area contributed by atoms with Gasteiger partial charge in [-0.15, -0.1) is 15.2 Å². The molecule has 0 spiro atoms. The number of nitro benzene ring substituents is 1. The lowest BCUT2D eigenvalue weighted by Gasteiger charge is -2.16. The van der Waals surface area contributed by atoms with Crippen molar-refractivity contribution in [2.45, 2.75) is 20.4 Å². The summed E-state index contributed by atoms with van der Waals surface area (Å²) in [5.74, 6) is 0.661. The summed E-state index contributed by atoms with van der Waals surface area (Å²) in [5, 5.41) is 36.0. The molecule has 12 heteroatoms. The number of hydrogen-bond donors (Lipinski definition) is 1. The molecule has 0 aliphatic rings.